The van der Waals surface area contributed by atoms with E-state index in [1.165, 1.54) is 42.3 Å². The molecule has 214 valence electrons. The minimum absolute atomic E-state index is 0.00258. The van der Waals surface area contributed by atoms with Gasteiger partial charge in [0.05, 0.1) is 17.7 Å². The van der Waals surface area contributed by atoms with Crippen molar-refractivity contribution in [1.82, 2.24) is 10.2 Å². The monoisotopic (exact) mass is 569 g/mol. The Morgan fingerprint density at radius 3 is 2.23 bits per heavy atom. The van der Waals surface area contributed by atoms with Gasteiger partial charge in [0.2, 0.25) is 11.8 Å². The van der Waals surface area contributed by atoms with Gasteiger partial charge in [0.25, 0.3) is 10.0 Å². The summed E-state index contributed by atoms with van der Waals surface area (Å²) in [5.74, 6) is -1.28. The minimum atomic E-state index is -4.34. The molecule has 3 aromatic rings. The summed E-state index contributed by atoms with van der Waals surface area (Å²) in [5.41, 5.74) is -0.156. The first kappa shape index (κ1) is 30.6. The summed E-state index contributed by atoms with van der Waals surface area (Å²) in [7, 11) is -2.82. The summed E-state index contributed by atoms with van der Waals surface area (Å²) in [6.07, 6.45) is 0.267. The van der Waals surface area contributed by atoms with Crippen molar-refractivity contribution in [3.8, 4) is 5.75 Å². The van der Waals surface area contributed by atoms with Crippen LogP contribution in [0.4, 0.5) is 10.1 Å². The van der Waals surface area contributed by atoms with Crippen LogP contribution in [0.2, 0.25) is 0 Å². The van der Waals surface area contributed by atoms with Crippen LogP contribution in [0.3, 0.4) is 0 Å². The zero-order valence-corrected chi connectivity index (χ0v) is 24.2. The second-order valence-electron chi connectivity index (χ2n) is 10.3. The average molecular weight is 570 g/mol. The van der Waals surface area contributed by atoms with E-state index in [4.69, 9.17) is 4.74 Å². The van der Waals surface area contributed by atoms with Crippen molar-refractivity contribution in [2.45, 2.75) is 57.1 Å². The van der Waals surface area contributed by atoms with Gasteiger partial charge in [-0.15, -0.1) is 0 Å². The van der Waals surface area contributed by atoms with Crippen molar-refractivity contribution in [2.75, 3.05) is 18.0 Å². The molecular weight excluding hydrogens is 533 g/mol. The molecule has 0 aliphatic rings. The first-order valence-corrected chi connectivity index (χ1v) is 14.4. The number of ether oxygens (including phenoxy) is 1. The number of carbonyl (C=O) groups is 2. The molecule has 0 aromatic heterocycles. The maximum Gasteiger partial charge on any atom is 0.264 e. The van der Waals surface area contributed by atoms with Gasteiger partial charge in [-0.3, -0.25) is 13.9 Å². The molecule has 0 heterocycles. The number of sulfonamides is 1. The van der Waals surface area contributed by atoms with Crippen LogP contribution in [0.5, 0.6) is 5.75 Å². The molecule has 3 aromatic carbocycles. The number of benzene rings is 3. The van der Waals surface area contributed by atoms with E-state index in [1.807, 2.05) is 20.8 Å². The second-order valence-corrected chi connectivity index (χ2v) is 12.2. The summed E-state index contributed by atoms with van der Waals surface area (Å²) >= 11 is 0. The highest BCUT2D eigenvalue weighted by molar-refractivity contribution is 7.92. The van der Waals surface area contributed by atoms with Gasteiger partial charge in [-0.25, -0.2) is 12.8 Å². The van der Waals surface area contributed by atoms with Gasteiger partial charge < -0.3 is 15.0 Å². The highest BCUT2D eigenvalue weighted by Gasteiger charge is 2.35. The molecule has 0 saturated heterocycles. The van der Waals surface area contributed by atoms with Crippen molar-refractivity contribution >= 4 is 27.5 Å². The van der Waals surface area contributed by atoms with Crippen LogP contribution in [0.15, 0.2) is 83.8 Å². The molecule has 2 amide bonds. The van der Waals surface area contributed by atoms with E-state index in [0.717, 1.165) is 10.4 Å². The zero-order valence-electron chi connectivity index (χ0n) is 23.4. The number of methoxy groups -OCH3 is 1. The Morgan fingerprint density at radius 2 is 1.62 bits per heavy atom. The van der Waals surface area contributed by atoms with Crippen LogP contribution < -0.4 is 14.4 Å². The fourth-order valence-corrected chi connectivity index (χ4v) is 5.67. The summed E-state index contributed by atoms with van der Waals surface area (Å²) in [6.45, 7) is 6.55. The van der Waals surface area contributed by atoms with Crippen molar-refractivity contribution in [3.63, 3.8) is 0 Å². The highest BCUT2D eigenvalue weighted by atomic mass is 32.2. The van der Waals surface area contributed by atoms with Crippen molar-refractivity contribution < 1.29 is 27.1 Å². The molecular formula is C30H36FN3O5S. The van der Waals surface area contributed by atoms with Crippen LogP contribution in [0.1, 0.15) is 39.7 Å². The predicted molar refractivity (Wildman–Crippen MR) is 153 cm³/mol. The van der Waals surface area contributed by atoms with Gasteiger partial charge in [0, 0.05) is 12.1 Å². The van der Waals surface area contributed by atoms with Gasteiger partial charge >= 0.3 is 0 Å². The molecule has 0 fully saturated rings. The van der Waals surface area contributed by atoms with E-state index < -0.39 is 39.9 Å². The van der Waals surface area contributed by atoms with Crippen LogP contribution in [0, 0.1) is 5.82 Å². The summed E-state index contributed by atoms with van der Waals surface area (Å²) < 4.78 is 48.5. The Kier molecular flexibility index (Phi) is 9.92. The molecule has 0 aliphatic carbocycles. The molecule has 0 radical (unpaired) electrons. The molecule has 1 atom stereocenters. The Hall–Kier alpha value is -3.92. The SMILES string of the molecule is CCC(C(=O)NC(C)(C)C)N(Cc1cccc(OC)c1)C(=O)CN(c1ccccc1F)S(=O)(=O)c1ccccc1. The van der Waals surface area contributed by atoms with E-state index in [0.29, 0.717) is 11.3 Å². The topological polar surface area (TPSA) is 96.0 Å². The third-order valence-corrected chi connectivity index (χ3v) is 7.88. The van der Waals surface area contributed by atoms with Crippen LogP contribution in [-0.4, -0.2) is 50.4 Å². The second kappa shape index (κ2) is 13.0. The van der Waals surface area contributed by atoms with Gasteiger partial charge in [0.15, 0.2) is 0 Å². The average Bonchev–Trinajstić information content (AvgIpc) is 2.91. The van der Waals surface area contributed by atoms with Crippen molar-refractivity contribution in [3.05, 3.63) is 90.2 Å². The van der Waals surface area contributed by atoms with E-state index >= 15 is 0 Å². The standard InChI is InChI=1S/C30H36FN3O5S/c1-6-26(29(36)32-30(2,3)4)33(20-22-13-12-14-23(19-22)39-5)28(35)21-34(27-18-11-10-17-25(27)31)40(37,38)24-15-8-7-9-16-24/h7-19,26H,6,20-21H2,1-5H3,(H,32,36). The summed E-state index contributed by atoms with van der Waals surface area (Å²) in [4.78, 5) is 28.6. The normalized spacial score (nSPS) is 12.3. The Labute approximate surface area is 235 Å². The quantitative estimate of drug-likeness (QED) is 0.360. The lowest BCUT2D eigenvalue weighted by Gasteiger charge is -2.34. The third-order valence-electron chi connectivity index (χ3n) is 6.10. The predicted octanol–water partition coefficient (Wildman–Crippen LogP) is 4.75. The largest absolute Gasteiger partial charge is 0.497 e. The fourth-order valence-electron chi connectivity index (χ4n) is 4.23. The number of amides is 2. The van der Waals surface area contributed by atoms with Crippen LogP contribution in [-0.2, 0) is 26.2 Å². The number of para-hydroxylation sites is 1. The maximum absolute atomic E-state index is 15.0. The minimum Gasteiger partial charge on any atom is -0.497 e. The lowest BCUT2D eigenvalue weighted by atomic mass is 10.1. The lowest BCUT2D eigenvalue weighted by Crippen LogP contribution is -2.55. The highest BCUT2D eigenvalue weighted by Crippen LogP contribution is 2.27. The Morgan fingerprint density at radius 1 is 0.975 bits per heavy atom. The molecule has 3 rings (SSSR count). The van der Waals surface area contributed by atoms with Crippen LogP contribution >= 0.6 is 0 Å². The summed E-state index contributed by atoms with van der Waals surface area (Å²) in [5, 5.41) is 2.91. The maximum atomic E-state index is 15.0. The van der Waals surface area contributed by atoms with Crippen LogP contribution in [0.25, 0.3) is 0 Å². The van der Waals surface area contributed by atoms with E-state index in [2.05, 4.69) is 5.32 Å². The van der Waals surface area contributed by atoms with Gasteiger partial charge in [-0.1, -0.05) is 49.4 Å². The van der Waals surface area contributed by atoms with Crippen molar-refractivity contribution in [2.24, 2.45) is 0 Å². The number of nitrogens with one attached hydrogen (secondary N) is 1. The van der Waals surface area contributed by atoms with E-state index in [9.17, 15) is 22.4 Å². The molecule has 0 saturated carbocycles. The first-order valence-electron chi connectivity index (χ1n) is 12.9. The number of rotatable bonds is 11. The fraction of sp³-hybridized carbons (Fsp3) is 0.333. The molecule has 8 nitrogen and oxygen atoms in total. The van der Waals surface area contributed by atoms with E-state index in [-0.39, 0.29) is 29.5 Å². The number of nitrogens with zero attached hydrogens (tertiary/aromatic N) is 2. The third kappa shape index (κ3) is 7.59. The van der Waals surface area contributed by atoms with E-state index in [1.54, 1.807) is 49.4 Å². The van der Waals surface area contributed by atoms with Gasteiger partial charge in [0.1, 0.15) is 24.2 Å². The number of hydrogen-bond acceptors (Lipinski definition) is 5. The number of hydrogen-bond donors (Lipinski definition) is 1. The lowest BCUT2D eigenvalue weighted by molar-refractivity contribution is -0.141. The Balaban J connectivity index is 2.08. The molecule has 0 aliphatic heterocycles. The number of anilines is 1. The molecule has 0 bridgehead atoms. The smallest absolute Gasteiger partial charge is 0.264 e. The molecule has 1 unspecified atom stereocenters. The molecule has 1 N–H and O–H groups in total. The van der Waals surface area contributed by atoms with Gasteiger partial charge in [-0.05, 0) is 69.2 Å². The molecule has 10 heteroatoms. The number of carbonyl (C=O) groups excluding carboxylic acids is 2. The number of halogens is 1. The van der Waals surface area contributed by atoms with Crippen molar-refractivity contribution in [1.29, 1.82) is 0 Å². The zero-order chi connectivity index (χ0) is 29.5. The summed E-state index contributed by atoms with van der Waals surface area (Å²) in [6, 6.07) is 19.0. The molecule has 0 spiro atoms. The molecule has 40 heavy (non-hydrogen) atoms. The first-order chi connectivity index (χ1) is 18.9. The Bertz CT molecular complexity index is 1420. The van der Waals surface area contributed by atoms with Gasteiger partial charge in [-0.2, -0.15) is 0 Å².